The van der Waals surface area contributed by atoms with Gasteiger partial charge in [0.2, 0.25) is 5.91 Å². The molecule has 0 saturated carbocycles. The van der Waals surface area contributed by atoms with E-state index < -0.39 is 6.10 Å². The molecule has 0 fully saturated rings. The summed E-state index contributed by atoms with van der Waals surface area (Å²) in [7, 11) is 3.39. The minimum absolute atomic E-state index is 0.0780. The summed E-state index contributed by atoms with van der Waals surface area (Å²) in [5.74, 6) is 0.0780. The van der Waals surface area contributed by atoms with Crippen LogP contribution < -0.4 is 4.90 Å². The highest BCUT2D eigenvalue weighted by atomic mass is 16.5. The Hall–Kier alpha value is -1.43. The number of likely N-dealkylation sites (N-methyl/N-ethyl adjacent to an activating group) is 1. The van der Waals surface area contributed by atoms with Crippen molar-refractivity contribution in [3.8, 4) is 0 Å². The number of hydrogen-bond donors (Lipinski definition) is 1. The van der Waals surface area contributed by atoms with Crippen LogP contribution in [-0.2, 0) is 16.0 Å². The number of carbonyl (C=O) groups excluding carboxylic acids is 1. The van der Waals surface area contributed by atoms with E-state index in [-0.39, 0.29) is 12.5 Å². The highest BCUT2D eigenvalue weighted by Gasteiger charge is 2.23. The molecule has 1 aromatic rings. The summed E-state index contributed by atoms with van der Waals surface area (Å²) in [6.07, 6.45) is 1.46. The van der Waals surface area contributed by atoms with Gasteiger partial charge >= 0.3 is 0 Å². The Morgan fingerprint density at radius 1 is 1.48 bits per heavy atom. The minimum atomic E-state index is -0.568. The molecule has 21 heavy (non-hydrogen) atoms. The molecule has 116 valence electrons. The predicted molar refractivity (Wildman–Crippen MR) is 82.5 cm³/mol. The van der Waals surface area contributed by atoms with Crippen LogP contribution in [0.1, 0.15) is 12.0 Å². The number of aryl methyl sites for hydroxylation is 1. The Balaban J connectivity index is 1.95. The molecule has 5 nitrogen and oxygen atoms in total. The maximum absolute atomic E-state index is 12.5. The molecule has 1 aliphatic heterocycles. The molecule has 1 atom stereocenters. The Bertz CT molecular complexity index is 478. The van der Waals surface area contributed by atoms with Crippen molar-refractivity contribution in [2.24, 2.45) is 0 Å². The lowest BCUT2D eigenvalue weighted by atomic mass is 10.0. The number of para-hydroxylation sites is 1. The number of fused-ring (bicyclic) bond motifs is 1. The highest BCUT2D eigenvalue weighted by Crippen LogP contribution is 2.26. The molecule has 1 unspecified atom stereocenters. The summed E-state index contributed by atoms with van der Waals surface area (Å²) < 4.78 is 4.90. The Morgan fingerprint density at radius 3 is 3.00 bits per heavy atom. The maximum Gasteiger partial charge on any atom is 0.241 e. The number of ether oxygens (including phenoxy) is 1. The maximum atomic E-state index is 12.5. The van der Waals surface area contributed by atoms with Crippen LogP contribution in [0.2, 0.25) is 0 Å². The highest BCUT2D eigenvalue weighted by molar-refractivity contribution is 5.95. The SMILES string of the molecule is COCC(O)CN(C)CC(=O)N1CCCc2ccccc21. The molecule has 1 amide bonds. The number of hydrogen-bond acceptors (Lipinski definition) is 4. The minimum Gasteiger partial charge on any atom is -0.389 e. The van der Waals surface area contributed by atoms with Crippen molar-refractivity contribution in [2.75, 3.05) is 45.3 Å². The van der Waals surface area contributed by atoms with E-state index in [1.165, 1.54) is 5.56 Å². The third-order valence-electron chi connectivity index (χ3n) is 3.70. The quantitative estimate of drug-likeness (QED) is 0.846. The number of nitrogens with zero attached hydrogens (tertiary/aromatic N) is 2. The van der Waals surface area contributed by atoms with Crippen LogP contribution in [0.25, 0.3) is 0 Å². The number of anilines is 1. The Labute approximate surface area is 126 Å². The smallest absolute Gasteiger partial charge is 0.241 e. The fraction of sp³-hybridized carbons (Fsp3) is 0.562. The number of rotatable bonds is 6. The molecule has 0 saturated heterocycles. The Morgan fingerprint density at radius 2 is 2.24 bits per heavy atom. The summed E-state index contributed by atoms with van der Waals surface area (Å²) >= 11 is 0. The van der Waals surface area contributed by atoms with Crippen LogP contribution in [0.4, 0.5) is 5.69 Å². The van der Waals surface area contributed by atoms with E-state index in [2.05, 4.69) is 6.07 Å². The largest absolute Gasteiger partial charge is 0.389 e. The van der Waals surface area contributed by atoms with Crippen molar-refractivity contribution < 1.29 is 14.6 Å². The van der Waals surface area contributed by atoms with Gasteiger partial charge in [-0.1, -0.05) is 18.2 Å². The number of methoxy groups -OCH3 is 1. The van der Waals surface area contributed by atoms with Gasteiger partial charge in [-0.05, 0) is 31.5 Å². The molecular weight excluding hydrogens is 268 g/mol. The van der Waals surface area contributed by atoms with Crippen molar-refractivity contribution in [1.29, 1.82) is 0 Å². The average molecular weight is 292 g/mol. The molecule has 1 heterocycles. The van der Waals surface area contributed by atoms with E-state index in [4.69, 9.17) is 4.74 Å². The van der Waals surface area contributed by atoms with Crippen LogP contribution in [0.5, 0.6) is 0 Å². The third-order valence-corrected chi connectivity index (χ3v) is 3.70. The fourth-order valence-electron chi connectivity index (χ4n) is 2.78. The van der Waals surface area contributed by atoms with Gasteiger partial charge in [-0.2, -0.15) is 0 Å². The summed E-state index contributed by atoms with van der Waals surface area (Å²) in [5.41, 5.74) is 2.26. The molecule has 1 aromatic carbocycles. The van der Waals surface area contributed by atoms with Gasteiger partial charge in [0.15, 0.2) is 0 Å². The van der Waals surface area contributed by atoms with Gasteiger partial charge in [0.05, 0.1) is 19.3 Å². The zero-order valence-electron chi connectivity index (χ0n) is 12.8. The molecule has 1 aliphatic rings. The first-order chi connectivity index (χ1) is 10.1. The van der Waals surface area contributed by atoms with Gasteiger partial charge in [0.25, 0.3) is 0 Å². The summed E-state index contributed by atoms with van der Waals surface area (Å²) in [4.78, 5) is 16.2. The summed E-state index contributed by atoms with van der Waals surface area (Å²) in [6, 6.07) is 8.07. The molecule has 1 N–H and O–H groups in total. The van der Waals surface area contributed by atoms with Crippen LogP contribution in [0.15, 0.2) is 24.3 Å². The zero-order valence-corrected chi connectivity index (χ0v) is 12.8. The standard InChI is InChI=1S/C16H24N2O3/c1-17(10-14(19)12-21-2)11-16(20)18-9-5-7-13-6-3-4-8-15(13)18/h3-4,6,8,14,19H,5,7,9-12H2,1-2H3. The number of aliphatic hydroxyl groups is 1. The molecule has 0 radical (unpaired) electrons. The third kappa shape index (κ3) is 4.27. The van der Waals surface area contributed by atoms with Gasteiger partial charge in [0.1, 0.15) is 0 Å². The van der Waals surface area contributed by atoms with Crippen molar-refractivity contribution >= 4 is 11.6 Å². The Kier molecular flexibility index (Phi) is 5.73. The van der Waals surface area contributed by atoms with Crippen LogP contribution in [0, 0.1) is 0 Å². The van der Waals surface area contributed by atoms with Gasteiger partial charge in [-0.3, -0.25) is 9.69 Å². The molecule has 0 aliphatic carbocycles. The second kappa shape index (κ2) is 7.54. The van der Waals surface area contributed by atoms with Crippen molar-refractivity contribution in [3.05, 3.63) is 29.8 Å². The number of amides is 1. The van der Waals surface area contributed by atoms with E-state index in [0.29, 0.717) is 13.1 Å². The first-order valence-corrected chi connectivity index (χ1v) is 7.35. The topological polar surface area (TPSA) is 53.0 Å². The van der Waals surface area contributed by atoms with E-state index in [1.807, 2.05) is 35.0 Å². The number of benzene rings is 1. The second-order valence-corrected chi connectivity index (χ2v) is 5.58. The normalized spacial score (nSPS) is 15.9. The lowest BCUT2D eigenvalue weighted by Gasteiger charge is -2.31. The number of aliphatic hydroxyl groups excluding tert-OH is 1. The average Bonchev–Trinajstić information content (AvgIpc) is 2.46. The number of carbonyl (C=O) groups is 1. The summed E-state index contributed by atoms with van der Waals surface area (Å²) in [6.45, 7) is 1.78. The molecular formula is C16H24N2O3. The lowest BCUT2D eigenvalue weighted by Crippen LogP contribution is -2.43. The molecule has 0 bridgehead atoms. The van der Waals surface area contributed by atoms with Gasteiger partial charge in [-0.15, -0.1) is 0 Å². The monoisotopic (exact) mass is 292 g/mol. The first-order valence-electron chi connectivity index (χ1n) is 7.35. The predicted octanol–water partition coefficient (Wildman–Crippen LogP) is 0.905. The van der Waals surface area contributed by atoms with Crippen LogP contribution in [-0.4, -0.2) is 62.4 Å². The van der Waals surface area contributed by atoms with E-state index >= 15 is 0 Å². The van der Waals surface area contributed by atoms with Crippen LogP contribution >= 0.6 is 0 Å². The lowest BCUT2D eigenvalue weighted by molar-refractivity contribution is -0.119. The van der Waals surface area contributed by atoms with Crippen LogP contribution in [0.3, 0.4) is 0 Å². The van der Waals surface area contributed by atoms with Gasteiger partial charge in [0, 0.05) is 25.9 Å². The van der Waals surface area contributed by atoms with Gasteiger partial charge < -0.3 is 14.7 Å². The summed E-state index contributed by atoms with van der Waals surface area (Å²) in [5, 5.41) is 9.71. The fourth-order valence-corrected chi connectivity index (χ4v) is 2.78. The van der Waals surface area contributed by atoms with Crippen molar-refractivity contribution in [3.63, 3.8) is 0 Å². The molecule has 0 aromatic heterocycles. The van der Waals surface area contributed by atoms with E-state index in [0.717, 1.165) is 25.1 Å². The first kappa shape index (κ1) is 15.9. The van der Waals surface area contributed by atoms with Gasteiger partial charge in [-0.25, -0.2) is 0 Å². The van der Waals surface area contributed by atoms with Crippen molar-refractivity contribution in [1.82, 2.24) is 4.90 Å². The zero-order chi connectivity index (χ0) is 15.2. The molecule has 0 spiro atoms. The van der Waals surface area contributed by atoms with E-state index in [1.54, 1.807) is 7.11 Å². The van der Waals surface area contributed by atoms with Crippen molar-refractivity contribution in [2.45, 2.75) is 18.9 Å². The van der Waals surface area contributed by atoms with E-state index in [9.17, 15) is 9.90 Å². The second-order valence-electron chi connectivity index (χ2n) is 5.58. The molecule has 5 heteroatoms. The molecule has 2 rings (SSSR count).